The smallest absolute Gasteiger partial charge is 0.327 e. The molecule has 2 atom stereocenters. The van der Waals surface area contributed by atoms with Gasteiger partial charge in [-0.1, -0.05) is 29.4 Å². The second kappa shape index (κ2) is 7.02. The summed E-state index contributed by atoms with van der Waals surface area (Å²) in [6.45, 7) is 3.18. The Hall–Kier alpha value is -1.89. The van der Waals surface area contributed by atoms with Gasteiger partial charge >= 0.3 is 5.97 Å². The quantitative estimate of drug-likeness (QED) is 0.681. The number of ether oxygens (including phenoxy) is 1. The van der Waals surface area contributed by atoms with Gasteiger partial charge in [-0.3, -0.25) is 4.79 Å². The van der Waals surface area contributed by atoms with Crippen LogP contribution < -0.4 is 0 Å². The van der Waals surface area contributed by atoms with Gasteiger partial charge in [0.25, 0.3) is 0 Å². The minimum absolute atomic E-state index is 0.0117. The Labute approximate surface area is 154 Å². The zero-order valence-electron chi connectivity index (χ0n) is 15.4. The normalized spacial score (nSPS) is 22.3. The van der Waals surface area contributed by atoms with Gasteiger partial charge in [0, 0.05) is 19.1 Å². The molecule has 1 aliphatic carbocycles. The minimum atomic E-state index is -3.67. The van der Waals surface area contributed by atoms with Crippen molar-refractivity contribution in [2.75, 3.05) is 12.9 Å². The SMILES string of the molecule is CCOC(=O)[C@@](C)(CC1CC(c2ccc(C3CC3)cc2)=NO1)S(C)(=O)=O. The summed E-state index contributed by atoms with van der Waals surface area (Å²) in [6.07, 6.45) is 3.56. The molecule has 1 aromatic carbocycles. The Morgan fingerprint density at radius 2 is 1.96 bits per heavy atom. The lowest BCUT2D eigenvalue weighted by atomic mass is 9.96. The monoisotopic (exact) mass is 379 g/mol. The molecule has 0 spiro atoms. The maximum Gasteiger partial charge on any atom is 0.327 e. The van der Waals surface area contributed by atoms with Crippen molar-refractivity contribution in [2.24, 2.45) is 5.16 Å². The highest BCUT2D eigenvalue weighted by atomic mass is 32.2. The van der Waals surface area contributed by atoms with Crippen LogP contribution in [-0.2, 0) is 24.2 Å². The van der Waals surface area contributed by atoms with Gasteiger partial charge in [0.2, 0.25) is 0 Å². The highest BCUT2D eigenvalue weighted by Crippen LogP contribution is 2.40. The lowest BCUT2D eigenvalue weighted by Crippen LogP contribution is -2.47. The molecule has 3 rings (SSSR count). The zero-order chi connectivity index (χ0) is 18.9. The fourth-order valence-corrected chi connectivity index (χ4v) is 4.03. The van der Waals surface area contributed by atoms with E-state index in [4.69, 9.17) is 9.57 Å². The zero-order valence-corrected chi connectivity index (χ0v) is 16.2. The molecule has 0 radical (unpaired) electrons. The largest absolute Gasteiger partial charge is 0.465 e. The van der Waals surface area contributed by atoms with E-state index >= 15 is 0 Å². The van der Waals surface area contributed by atoms with Crippen molar-refractivity contribution in [1.29, 1.82) is 0 Å². The summed E-state index contributed by atoms with van der Waals surface area (Å²) in [5.74, 6) is -0.0491. The molecule has 26 heavy (non-hydrogen) atoms. The molecular weight excluding hydrogens is 354 g/mol. The Morgan fingerprint density at radius 3 is 2.50 bits per heavy atom. The summed E-state index contributed by atoms with van der Waals surface area (Å²) in [7, 11) is -3.67. The van der Waals surface area contributed by atoms with E-state index in [-0.39, 0.29) is 13.0 Å². The van der Waals surface area contributed by atoms with Gasteiger partial charge in [-0.2, -0.15) is 0 Å². The first-order chi connectivity index (χ1) is 12.2. The number of rotatable bonds is 7. The predicted molar refractivity (Wildman–Crippen MR) is 98.9 cm³/mol. The van der Waals surface area contributed by atoms with Crippen molar-refractivity contribution < 1.29 is 22.8 Å². The lowest BCUT2D eigenvalue weighted by Gasteiger charge is -2.27. The number of benzene rings is 1. The summed E-state index contributed by atoms with van der Waals surface area (Å²) >= 11 is 0. The van der Waals surface area contributed by atoms with E-state index in [9.17, 15) is 13.2 Å². The van der Waals surface area contributed by atoms with Crippen molar-refractivity contribution in [3.8, 4) is 0 Å². The van der Waals surface area contributed by atoms with Crippen molar-refractivity contribution >= 4 is 21.5 Å². The van der Waals surface area contributed by atoms with Crippen LogP contribution in [-0.4, -0.2) is 43.8 Å². The molecule has 0 bridgehead atoms. The molecule has 142 valence electrons. The topological polar surface area (TPSA) is 82.0 Å². The van der Waals surface area contributed by atoms with Gasteiger partial charge in [0.15, 0.2) is 14.6 Å². The van der Waals surface area contributed by atoms with E-state index in [1.807, 2.05) is 12.1 Å². The third-order valence-corrected chi connectivity index (χ3v) is 7.14. The van der Waals surface area contributed by atoms with Crippen molar-refractivity contribution in [3.05, 3.63) is 35.4 Å². The van der Waals surface area contributed by atoms with Crippen LogP contribution in [0.5, 0.6) is 0 Å². The molecule has 0 aromatic heterocycles. The van der Waals surface area contributed by atoms with Crippen LogP contribution in [0.1, 0.15) is 56.6 Å². The Morgan fingerprint density at radius 1 is 1.31 bits per heavy atom. The number of carbonyl (C=O) groups is 1. The first kappa shape index (κ1) is 18.9. The number of esters is 1. The average Bonchev–Trinajstić information content (AvgIpc) is 3.34. The molecule has 6 nitrogen and oxygen atoms in total. The summed E-state index contributed by atoms with van der Waals surface area (Å²) in [5.41, 5.74) is 3.09. The fourth-order valence-electron chi connectivity index (χ4n) is 3.18. The van der Waals surface area contributed by atoms with E-state index < -0.39 is 26.7 Å². The highest BCUT2D eigenvalue weighted by Gasteiger charge is 2.48. The first-order valence-electron chi connectivity index (χ1n) is 8.94. The van der Waals surface area contributed by atoms with Gasteiger partial charge in [0.05, 0.1) is 12.3 Å². The van der Waals surface area contributed by atoms with E-state index in [2.05, 4.69) is 17.3 Å². The van der Waals surface area contributed by atoms with Crippen molar-refractivity contribution in [2.45, 2.75) is 56.3 Å². The maximum absolute atomic E-state index is 12.3. The number of hydrogen-bond acceptors (Lipinski definition) is 6. The van der Waals surface area contributed by atoms with Crippen LogP contribution in [0.4, 0.5) is 0 Å². The Bertz CT molecular complexity index is 811. The van der Waals surface area contributed by atoms with Crippen LogP contribution in [0.25, 0.3) is 0 Å². The second-order valence-electron chi connectivity index (χ2n) is 7.29. The van der Waals surface area contributed by atoms with Crippen LogP contribution >= 0.6 is 0 Å². The molecule has 2 aliphatic rings. The molecule has 0 saturated heterocycles. The molecule has 1 fully saturated rings. The average molecular weight is 379 g/mol. The van der Waals surface area contributed by atoms with Crippen LogP contribution in [0.15, 0.2) is 29.4 Å². The van der Waals surface area contributed by atoms with Crippen LogP contribution in [0.3, 0.4) is 0 Å². The van der Waals surface area contributed by atoms with Gasteiger partial charge < -0.3 is 9.57 Å². The fraction of sp³-hybridized carbons (Fsp3) is 0.579. The van der Waals surface area contributed by atoms with Crippen molar-refractivity contribution in [3.63, 3.8) is 0 Å². The second-order valence-corrected chi connectivity index (χ2v) is 9.74. The van der Waals surface area contributed by atoms with Gasteiger partial charge in [-0.15, -0.1) is 0 Å². The van der Waals surface area contributed by atoms with E-state index in [1.165, 1.54) is 25.3 Å². The number of sulfone groups is 1. The highest BCUT2D eigenvalue weighted by molar-refractivity contribution is 7.92. The lowest BCUT2D eigenvalue weighted by molar-refractivity contribution is -0.146. The molecule has 7 heteroatoms. The standard InChI is InChI=1S/C19H25NO5S/c1-4-24-18(21)19(2,26(3,22)23)12-16-11-17(20-25-16)15-9-7-14(8-10-15)13-5-6-13/h7-10,13,16H,4-6,11-12H2,1-3H3/t16?,19-/m1/s1. The first-order valence-corrected chi connectivity index (χ1v) is 10.8. The van der Waals surface area contributed by atoms with Crippen LogP contribution in [0.2, 0.25) is 0 Å². The molecule has 0 amide bonds. The van der Waals surface area contributed by atoms with E-state index in [0.717, 1.165) is 17.5 Å². The van der Waals surface area contributed by atoms with E-state index in [0.29, 0.717) is 12.3 Å². The predicted octanol–water partition coefficient (Wildman–Crippen LogP) is 2.81. The molecule has 0 N–H and O–H groups in total. The summed E-state index contributed by atoms with van der Waals surface area (Å²) in [6, 6.07) is 8.28. The summed E-state index contributed by atoms with van der Waals surface area (Å²) < 4.78 is 27.8. The van der Waals surface area contributed by atoms with Crippen molar-refractivity contribution in [1.82, 2.24) is 0 Å². The Balaban J connectivity index is 1.69. The third-order valence-electron chi connectivity index (χ3n) is 5.17. The number of carbonyl (C=O) groups excluding carboxylic acids is 1. The number of oxime groups is 1. The summed E-state index contributed by atoms with van der Waals surface area (Å²) in [4.78, 5) is 17.7. The van der Waals surface area contributed by atoms with E-state index in [1.54, 1.807) is 6.92 Å². The molecule has 1 saturated carbocycles. The number of nitrogens with zero attached hydrogens (tertiary/aromatic N) is 1. The van der Waals surface area contributed by atoms with Gasteiger partial charge in [-0.05, 0) is 43.7 Å². The Kier molecular flexibility index (Phi) is 5.10. The van der Waals surface area contributed by atoms with Gasteiger partial charge in [-0.25, -0.2) is 8.42 Å². The maximum atomic E-state index is 12.3. The molecule has 1 heterocycles. The van der Waals surface area contributed by atoms with Gasteiger partial charge in [0.1, 0.15) is 6.10 Å². The minimum Gasteiger partial charge on any atom is -0.465 e. The molecular formula is C19H25NO5S. The van der Waals surface area contributed by atoms with Crippen LogP contribution in [0, 0.1) is 0 Å². The molecule has 1 aromatic rings. The number of hydrogen-bond donors (Lipinski definition) is 0. The third kappa shape index (κ3) is 3.77. The molecule has 1 aliphatic heterocycles. The summed E-state index contributed by atoms with van der Waals surface area (Å²) in [5, 5.41) is 4.12. The molecule has 1 unspecified atom stereocenters.